The Morgan fingerprint density at radius 3 is 2.60 bits per heavy atom. The number of halogens is 1. The SMILES string of the molecule is COCCC(NC(=O)CSc1ccc(Br)cc1)C(=O)O. The van der Waals surface area contributed by atoms with Gasteiger partial charge in [0.2, 0.25) is 5.91 Å². The van der Waals surface area contributed by atoms with Crippen molar-refractivity contribution in [3.05, 3.63) is 28.7 Å². The van der Waals surface area contributed by atoms with Gasteiger partial charge in [-0.3, -0.25) is 4.79 Å². The number of amides is 1. The molecule has 0 saturated carbocycles. The third kappa shape index (κ3) is 6.40. The molecule has 110 valence electrons. The lowest BCUT2D eigenvalue weighted by Gasteiger charge is -2.13. The van der Waals surface area contributed by atoms with E-state index in [1.54, 1.807) is 0 Å². The highest BCUT2D eigenvalue weighted by atomic mass is 79.9. The summed E-state index contributed by atoms with van der Waals surface area (Å²) in [5, 5.41) is 11.5. The second-order valence-electron chi connectivity index (χ2n) is 3.98. The Hall–Kier alpha value is -1.05. The summed E-state index contributed by atoms with van der Waals surface area (Å²) in [7, 11) is 1.49. The van der Waals surface area contributed by atoms with E-state index in [2.05, 4.69) is 21.2 Å². The Bertz CT molecular complexity index is 452. The number of carbonyl (C=O) groups is 2. The molecule has 0 fully saturated rings. The van der Waals surface area contributed by atoms with Gasteiger partial charge in [-0.25, -0.2) is 4.79 Å². The van der Waals surface area contributed by atoms with Crippen LogP contribution >= 0.6 is 27.7 Å². The molecule has 0 aliphatic heterocycles. The highest BCUT2D eigenvalue weighted by Gasteiger charge is 2.19. The molecule has 0 aromatic heterocycles. The van der Waals surface area contributed by atoms with Crippen molar-refractivity contribution in [3.8, 4) is 0 Å². The van der Waals surface area contributed by atoms with Crippen molar-refractivity contribution in [1.29, 1.82) is 0 Å². The molecule has 0 aliphatic rings. The van der Waals surface area contributed by atoms with Gasteiger partial charge in [0, 0.05) is 29.5 Å². The van der Waals surface area contributed by atoms with Gasteiger partial charge in [-0.2, -0.15) is 0 Å². The molecule has 0 saturated heterocycles. The van der Waals surface area contributed by atoms with Gasteiger partial charge >= 0.3 is 5.97 Å². The summed E-state index contributed by atoms with van der Waals surface area (Å²) in [6.07, 6.45) is 0.251. The molecule has 0 radical (unpaired) electrons. The Morgan fingerprint density at radius 2 is 2.05 bits per heavy atom. The predicted molar refractivity (Wildman–Crippen MR) is 80.9 cm³/mol. The Morgan fingerprint density at radius 1 is 1.40 bits per heavy atom. The minimum atomic E-state index is -1.05. The fourth-order valence-electron chi connectivity index (χ4n) is 1.41. The van der Waals surface area contributed by atoms with E-state index in [1.807, 2.05) is 24.3 Å². The average molecular weight is 362 g/mol. The maximum absolute atomic E-state index is 11.7. The maximum atomic E-state index is 11.7. The summed E-state index contributed by atoms with van der Waals surface area (Å²) < 4.78 is 5.79. The minimum absolute atomic E-state index is 0.179. The second kappa shape index (κ2) is 8.99. The van der Waals surface area contributed by atoms with Crippen LogP contribution in [0.3, 0.4) is 0 Å². The number of nitrogens with one attached hydrogen (secondary N) is 1. The molecule has 20 heavy (non-hydrogen) atoms. The van der Waals surface area contributed by atoms with E-state index in [9.17, 15) is 9.59 Å². The van der Waals surface area contributed by atoms with Crippen molar-refractivity contribution in [1.82, 2.24) is 5.32 Å². The second-order valence-corrected chi connectivity index (χ2v) is 5.95. The first kappa shape index (κ1) is 17.0. The van der Waals surface area contributed by atoms with Crippen molar-refractivity contribution in [2.45, 2.75) is 17.4 Å². The number of carbonyl (C=O) groups excluding carboxylic acids is 1. The van der Waals surface area contributed by atoms with Crippen LogP contribution in [-0.2, 0) is 14.3 Å². The van der Waals surface area contributed by atoms with Crippen LogP contribution in [0.5, 0.6) is 0 Å². The maximum Gasteiger partial charge on any atom is 0.326 e. The van der Waals surface area contributed by atoms with Gasteiger partial charge in [0.1, 0.15) is 6.04 Å². The standard InChI is InChI=1S/C13H16BrNO4S/c1-19-7-6-11(13(17)18)15-12(16)8-20-10-4-2-9(14)3-5-10/h2-5,11H,6-8H2,1H3,(H,15,16)(H,17,18). The molecule has 1 amide bonds. The van der Waals surface area contributed by atoms with Crippen LogP contribution < -0.4 is 5.32 Å². The highest BCUT2D eigenvalue weighted by Crippen LogP contribution is 2.20. The van der Waals surface area contributed by atoms with Gasteiger partial charge < -0.3 is 15.2 Å². The Balaban J connectivity index is 2.41. The molecule has 1 aromatic rings. The van der Waals surface area contributed by atoms with Crippen molar-refractivity contribution >= 4 is 39.6 Å². The van der Waals surface area contributed by atoms with Gasteiger partial charge in [-0.15, -0.1) is 11.8 Å². The number of aliphatic carboxylic acids is 1. The summed E-state index contributed by atoms with van der Waals surface area (Å²) in [6.45, 7) is 0.289. The van der Waals surface area contributed by atoms with Crippen LogP contribution in [0.2, 0.25) is 0 Å². The number of hydrogen-bond acceptors (Lipinski definition) is 4. The molecule has 0 spiro atoms. The van der Waals surface area contributed by atoms with Gasteiger partial charge in [-0.1, -0.05) is 15.9 Å². The zero-order valence-electron chi connectivity index (χ0n) is 11.0. The van der Waals surface area contributed by atoms with E-state index in [4.69, 9.17) is 9.84 Å². The number of thioether (sulfide) groups is 1. The number of ether oxygens (including phenoxy) is 1. The van der Waals surface area contributed by atoms with Gasteiger partial charge in [-0.05, 0) is 24.3 Å². The van der Waals surface area contributed by atoms with E-state index in [0.29, 0.717) is 0 Å². The molecule has 5 nitrogen and oxygen atoms in total. The van der Waals surface area contributed by atoms with Crippen molar-refractivity contribution < 1.29 is 19.4 Å². The largest absolute Gasteiger partial charge is 0.480 e. The zero-order valence-corrected chi connectivity index (χ0v) is 13.4. The lowest BCUT2D eigenvalue weighted by atomic mass is 10.2. The first-order chi connectivity index (χ1) is 9.52. The third-order valence-electron chi connectivity index (χ3n) is 2.43. The van der Waals surface area contributed by atoms with E-state index in [0.717, 1.165) is 9.37 Å². The number of carboxylic acid groups (broad SMARTS) is 1. The fraction of sp³-hybridized carbons (Fsp3) is 0.385. The molecular formula is C13H16BrNO4S. The van der Waals surface area contributed by atoms with Crippen LogP contribution in [0.15, 0.2) is 33.6 Å². The summed E-state index contributed by atoms with van der Waals surface area (Å²) in [4.78, 5) is 23.6. The lowest BCUT2D eigenvalue weighted by molar-refractivity contribution is -0.142. The van der Waals surface area contributed by atoms with Crippen LogP contribution in [-0.4, -0.2) is 42.5 Å². The molecule has 1 unspecified atom stereocenters. The molecule has 1 atom stereocenters. The molecule has 7 heteroatoms. The molecule has 1 rings (SSSR count). The quantitative estimate of drug-likeness (QED) is 0.693. The molecule has 1 aromatic carbocycles. The molecule has 0 bridgehead atoms. The van der Waals surface area contributed by atoms with Crippen molar-refractivity contribution in [3.63, 3.8) is 0 Å². The van der Waals surface area contributed by atoms with Gasteiger partial charge in [0.15, 0.2) is 0 Å². The van der Waals surface area contributed by atoms with Gasteiger partial charge in [0.25, 0.3) is 0 Å². The van der Waals surface area contributed by atoms with Crippen LogP contribution in [0.25, 0.3) is 0 Å². The lowest BCUT2D eigenvalue weighted by Crippen LogP contribution is -2.42. The number of rotatable bonds is 8. The molecular weight excluding hydrogens is 346 g/mol. The molecule has 0 heterocycles. The van der Waals surface area contributed by atoms with Crippen LogP contribution in [0.4, 0.5) is 0 Å². The highest BCUT2D eigenvalue weighted by molar-refractivity contribution is 9.10. The first-order valence-electron chi connectivity index (χ1n) is 5.92. The average Bonchev–Trinajstić information content (AvgIpc) is 2.42. The smallest absolute Gasteiger partial charge is 0.326 e. The van der Waals surface area contributed by atoms with E-state index >= 15 is 0 Å². The summed E-state index contributed by atoms with van der Waals surface area (Å²) in [5.74, 6) is -1.18. The number of methoxy groups -OCH3 is 1. The fourth-order valence-corrected chi connectivity index (χ4v) is 2.38. The number of benzene rings is 1. The predicted octanol–water partition coefficient (Wildman–Crippen LogP) is 2.15. The van der Waals surface area contributed by atoms with Crippen LogP contribution in [0.1, 0.15) is 6.42 Å². The van der Waals surface area contributed by atoms with Crippen LogP contribution in [0, 0.1) is 0 Å². The van der Waals surface area contributed by atoms with Crippen molar-refractivity contribution in [2.75, 3.05) is 19.5 Å². The van der Waals surface area contributed by atoms with Crippen molar-refractivity contribution in [2.24, 2.45) is 0 Å². The Labute approximate surface area is 130 Å². The summed E-state index contributed by atoms with van der Waals surface area (Å²) in [5.41, 5.74) is 0. The normalized spacial score (nSPS) is 11.9. The van der Waals surface area contributed by atoms with E-state index in [1.165, 1.54) is 18.9 Å². The monoisotopic (exact) mass is 361 g/mol. The topological polar surface area (TPSA) is 75.6 Å². The summed E-state index contributed by atoms with van der Waals surface area (Å²) >= 11 is 4.69. The third-order valence-corrected chi connectivity index (χ3v) is 3.97. The Kier molecular flexibility index (Phi) is 7.64. The summed E-state index contributed by atoms with van der Waals surface area (Å²) in [6, 6.07) is 6.65. The van der Waals surface area contributed by atoms with E-state index < -0.39 is 12.0 Å². The van der Waals surface area contributed by atoms with Gasteiger partial charge in [0.05, 0.1) is 5.75 Å². The minimum Gasteiger partial charge on any atom is -0.480 e. The number of carboxylic acids is 1. The first-order valence-corrected chi connectivity index (χ1v) is 7.70. The molecule has 2 N–H and O–H groups in total. The van der Waals surface area contributed by atoms with E-state index in [-0.39, 0.29) is 24.7 Å². The zero-order chi connectivity index (χ0) is 15.0. The number of hydrogen-bond donors (Lipinski definition) is 2. The molecule has 0 aliphatic carbocycles.